The number of halogens is 1. The highest BCUT2D eigenvalue weighted by molar-refractivity contribution is 5.85. The highest BCUT2D eigenvalue weighted by Gasteiger charge is 2.50. The molecule has 0 bridgehead atoms. The normalized spacial score (nSPS) is 25.7. The second-order valence-electron chi connectivity index (χ2n) is 8.47. The fraction of sp³-hybridized carbons (Fsp3) is 0.478. The number of rotatable bonds is 5. The fourth-order valence-corrected chi connectivity index (χ4v) is 4.86. The largest absolute Gasteiger partial charge is 0.465 e. The molecule has 1 aromatic carbocycles. The number of esters is 1. The smallest absolute Gasteiger partial charge is 0.316 e. The van der Waals surface area contributed by atoms with E-state index in [1.165, 1.54) is 25.0 Å². The molecule has 1 N–H and O–H groups in total. The first-order chi connectivity index (χ1) is 14.1. The third-order valence-corrected chi connectivity index (χ3v) is 6.45. The SMILES string of the molecule is CCOC(=O)[C@]12Cc3cnn(-c4ccc(F)cc4)c3C=C1CC[C@H](NC1CC1)C2. The molecule has 5 nitrogen and oxygen atoms in total. The van der Waals surface area contributed by atoms with Crippen LogP contribution in [0, 0.1) is 11.2 Å². The van der Waals surface area contributed by atoms with E-state index in [-0.39, 0.29) is 11.8 Å². The Hall–Kier alpha value is -2.47. The van der Waals surface area contributed by atoms with E-state index in [0.717, 1.165) is 41.8 Å². The van der Waals surface area contributed by atoms with Crippen molar-refractivity contribution in [3.05, 3.63) is 53.1 Å². The van der Waals surface area contributed by atoms with Crippen LogP contribution in [0.1, 0.15) is 50.3 Å². The molecule has 0 spiro atoms. The molecular weight excluding hydrogens is 369 g/mol. The monoisotopic (exact) mass is 395 g/mol. The summed E-state index contributed by atoms with van der Waals surface area (Å²) in [7, 11) is 0. The first-order valence-corrected chi connectivity index (χ1v) is 10.6. The van der Waals surface area contributed by atoms with Crippen molar-refractivity contribution in [3.63, 3.8) is 0 Å². The van der Waals surface area contributed by atoms with Gasteiger partial charge in [-0.2, -0.15) is 5.10 Å². The topological polar surface area (TPSA) is 56.1 Å². The van der Waals surface area contributed by atoms with Crippen LogP contribution >= 0.6 is 0 Å². The van der Waals surface area contributed by atoms with E-state index in [1.54, 1.807) is 12.1 Å². The van der Waals surface area contributed by atoms with E-state index < -0.39 is 5.41 Å². The first kappa shape index (κ1) is 18.6. The summed E-state index contributed by atoms with van der Waals surface area (Å²) < 4.78 is 20.7. The second kappa shape index (κ2) is 7.10. The van der Waals surface area contributed by atoms with E-state index in [2.05, 4.69) is 16.5 Å². The summed E-state index contributed by atoms with van der Waals surface area (Å²) in [6.45, 7) is 2.25. The molecule has 6 heteroatoms. The second-order valence-corrected chi connectivity index (χ2v) is 8.47. The number of carbonyl (C=O) groups is 1. The standard InChI is InChI=1S/C23H26FN3O2/c1-2-29-22(28)23-12-15-14-25-27(20-9-4-17(24)5-10-20)21(15)11-16(23)3-6-19(13-23)26-18-7-8-18/h4-5,9-11,14,18-19,26H,2-3,6-8,12-13H2,1H3/t19-,23-/m0/s1. The van der Waals surface area contributed by atoms with Gasteiger partial charge in [-0.15, -0.1) is 0 Å². The molecule has 0 aliphatic heterocycles. The predicted octanol–water partition coefficient (Wildman–Crippen LogP) is 3.80. The predicted molar refractivity (Wildman–Crippen MR) is 108 cm³/mol. The molecule has 2 saturated carbocycles. The van der Waals surface area contributed by atoms with Crippen molar-refractivity contribution in [2.24, 2.45) is 5.41 Å². The zero-order valence-corrected chi connectivity index (χ0v) is 16.7. The van der Waals surface area contributed by atoms with Crippen LogP contribution in [-0.4, -0.2) is 34.4 Å². The molecule has 1 aromatic heterocycles. The Kier molecular flexibility index (Phi) is 4.54. The Morgan fingerprint density at radius 2 is 2.07 bits per heavy atom. The number of carbonyl (C=O) groups excluding carboxylic acids is 1. The number of hydrogen-bond donors (Lipinski definition) is 1. The van der Waals surface area contributed by atoms with Crippen molar-refractivity contribution in [2.45, 2.75) is 57.5 Å². The minimum atomic E-state index is -0.607. The Balaban J connectivity index is 1.52. The quantitative estimate of drug-likeness (QED) is 0.783. The maximum Gasteiger partial charge on any atom is 0.316 e. The van der Waals surface area contributed by atoms with Gasteiger partial charge in [-0.25, -0.2) is 9.07 Å². The van der Waals surface area contributed by atoms with Gasteiger partial charge in [0.1, 0.15) is 5.82 Å². The van der Waals surface area contributed by atoms with Gasteiger partial charge in [0.15, 0.2) is 0 Å². The molecule has 5 rings (SSSR count). The lowest BCUT2D eigenvalue weighted by Crippen LogP contribution is -2.48. The molecule has 29 heavy (non-hydrogen) atoms. The fourth-order valence-electron chi connectivity index (χ4n) is 4.86. The third kappa shape index (κ3) is 3.29. The number of nitrogens with one attached hydrogen (secondary N) is 1. The Morgan fingerprint density at radius 3 is 2.79 bits per heavy atom. The third-order valence-electron chi connectivity index (χ3n) is 6.45. The van der Waals surface area contributed by atoms with Gasteiger partial charge in [0.25, 0.3) is 0 Å². The molecule has 0 radical (unpaired) electrons. The average Bonchev–Trinajstić information content (AvgIpc) is 3.44. The van der Waals surface area contributed by atoms with Crippen LogP contribution in [0.5, 0.6) is 0 Å². The highest BCUT2D eigenvalue weighted by Crippen LogP contribution is 2.49. The van der Waals surface area contributed by atoms with Crippen molar-refractivity contribution in [1.82, 2.24) is 15.1 Å². The molecule has 0 unspecified atom stereocenters. The molecule has 2 fully saturated rings. The van der Waals surface area contributed by atoms with Crippen LogP contribution in [0.2, 0.25) is 0 Å². The molecule has 0 saturated heterocycles. The zero-order chi connectivity index (χ0) is 20.0. The van der Waals surface area contributed by atoms with Crippen LogP contribution in [0.15, 0.2) is 36.0 Å². The number of benzene rings is 1. The number of hydrogen-bond acceptors (Lipinski definition) is 4. The van der Waals surface area contributed by atoms with Crippen molar-refractivity contribution >= 4 is 12.0 Å². The summed E-state index contributed by atoms with van der Waals surface area (Å²) in [6.07, 6.45) is 9.72. The Bertz CT molecular complexity index is 961. The zero-order valence-electron chi connectivity index (χ0n) is 16.7. The van der Waals surface area contributed by atoms with Crippen LogP contribution in [0.3, 0.4) is 0 Å². The number of nitrogens with zero attached hydrogens (tertiary/aromatic N) is 2. The van der Waals surface area contributed by atoms with E-state index in [9.17, 15) is 9.18 Å². The van der Waals surface area contributed by atoms with Gasteiger partial charge < -0.3 is 10.1 Å². The molecule has 3 aliphatic rings. The molecule has 2 atom stereocenters. The summed E-state index contributed by atoms with van der Waals surface area (Å²) in [4.78, 5) is 13.2. The molecule has 2 aromatic rings. The van der Waals surface area contributed by atoms with E-state index in [1.807, 2.05) is 17.8 Å². The van der Waals surface area contributed by atoms with Crippen LogP contribution in [0.4, 0.5) is 4.39 Å². The van der Waals surface area contributed by atoms with Crippen molar-refractivity contribution in [1.29, 1.82) is 0 Å². The summed E-state index contributed by atoms with van der Waals surface area (Å²) in [6, 6.07) is 7.30. The van der Waals surface area contributed by atoms with E-state index in [4.69, 9.17) is 4.74 Å². The molecule has 1 heterocycles. The number of fused-ring (bicyclic) bond motifs is 2. The summed E-state index contributed by atoms with van der Waals surface area (Å²) in [5, 5.41) is 8.27. The van der Waals surface area contributed by atoms with Gasteiger partial charge in [0.2, 0.25) is 0 Å². The molecule has 0 amide bonds. The molecule has 152 valence electrons. The Labute approximate surface area is 169 Å². The lowest BCUT2D eigenvalue weighted by atomic mass is 9.63. The minimum absolute atomic E-state index is 0.117. The first-order valence-electron chi connectivity index (χ1n) is 10.6. The van der Waals surface area contributed by atoms with Crippen molar-refractivity contribution < 1.29 is 13.9 Å². The van der Waals surface area contributed by atoms with Gasteiger partial charge in [-0.05, 0) is 81.4 Å². The van der Waals surface area contributed by atoms with Crippen LogP contribution < -0.4 is 5.32 Å². The van der Waals surface area contributed by atoms with Crippen LogP contribution in [-0.2, 0) is 16.0 Å². The minimum Gasteiger partial charge on any atom is -0.465 e. The molecule has 3 aliphatic carbocycles. The lowest BCUT2D eigenvalue weighted by Gasteiger charge is -2.43. The highest BCUT2D eigenvalue weighted by atomic mass is 19.1. The lowest BCUT2D eigenvalue weighted by molar-refractivity contribution is -0.154. The van der Waals surface area contributed by atoms with Gasteiger partial charge >= 0.3 is 5.97 Å². The van der Waals surface area contributed by atoms with Gasteiger partial charge in [-0.1, -0.05) is 5.57 Å². The van der Waals surface area contributed by atoms with Crippen molar-refractivity contribution in [3.8, 4) is 5.69 Å². The average molecular weight is 395 g/mol. The summed E-state index contributed by atoms with van der Waals surface area (Å²) in [5.74, 6) is -0.385. The van der Waals surface area contributed by atoms with Gasteiger partial charge in [0, 0.05) is 12.1 Å². The number of aromatic nitrogens is 2. The van der Waals surface area contributed by atoms with Gasteiger partial charge in [-0.3, -0.25) is 4.79 Å². The van der Waals surface area contributed by atoms with Crippen LogP contribution in [0.25, 0.3) is 11.8 Å². The Morgan fingerprint density at radius 1 is 1.28 bits per heavy atom. The van der Waals surface area contributed by atoms with Crippen molar-refractivity contribution in [2.75, 3.05) is 6.61 Å². The maximum absolute atomic E-state index is 13.3. The molecular formula is C23H26FN3O2. The number of ether oxygens (including phenoxy) is 1. The summed E-state index contributed by atoms with van der Waals surface area (Å²) >= 11 is 0. The van der Waals surface area contributed by atoms with E-state index in [0.29, 0.717) is 25.1 Å². The maximum atomic E-state index is 13.3. The van der Waals surface area contributed by atoms with E-state index >= 15 is 0 Å². The summed E-state index contributed by atoms with van der Waals surface area (Å²) in [5.41, 5.74) is 3.38. The van der Waals surface area contributed by atoms with Gasteiger partial charge in [0.05, 0.1) is 29.6 Å².